The molecule has 0 saturated carbocycles. The van der Waals surface area contributed by atoms with E-state index in [-0.39, 0.29) is 30.4 Å². The second kappa shape index (κ2) is 10.0. The first-order valence-corrected chi connectivity index (χ1v) is 11.0. The number of carbonyl (C=O) groups is 1. The Balaban J connectivity index is 1.82. The quantitative estimate of drug-likeness (QED) is 0.531. The van der Waals surface area contributed by atoms with Crippen molar-refractivity contribution in [2.75, 3.05) is 7.11 Å². The lowest BCUT2D eigenvalue weighted by atomic mass is 10.1. The molecular formula is C24H27FN2O3S. The van der Waals surface area contributed by atoms with E-state index in [0.717, 1.165) is 16.3 Å². The SMILES string of the molecule is COc1cc(/C=C2/SC(=NC(C)C)N(C(C)C)C2=O)ccc1OCc1cccc(F)c1. The van der Waals surface area contributed by atoms with Crippen LogP contribution in [0.15, 0.2) is 52.4 Å². The third-order valence-electron chi connectivity index (χ3n) is 4.49. The Labute approximate surface area is 187 Å². The lowest BCUT2D eigenvalue weighted by Gasteiger charge is -2.20. The number of hydrogen-bond donors (Lipinski definition) is 0. The first-order valence-electron chi connectivity index (χ1n) is 10.1. The van der Waals surface area contributed by atoms with Gasteiger partial charge in [0.15, 0.2) is 16.7 Å². The molecule has 164 valence electrons. The van der Waals surface area contributed by atoms with Gasteiger partial charge in [-0.05, 0) is 80.9 Å². The smallest absolute Gasteiger partial charge is 0.266 e. The molecule has 7 heteroatoms. The van der Waals surface area contributed by atoms with E-state index in [1.807, 2.05) is 45.9 Å². The third kappa shape index (κ3) is 5.67. The molecule has 2 aromatic carbocycles. The molecule has 0 aliphatic carbocycles. The summed E-state index contributed by atoms with van der Waals surface area (Å²) < 4.78 is 24.6. The van der Waals surface area contributed by atoms with Crippen molar-refractivity contribution in [1.82, 2.24) is 4.90 Å². The fraction of sp³-hybridized carbons (Fsp3) is 0.333. The van der Waals surface area contributed by atoms with Crippen LogP contribution in [0.25, 0.3) is 6.08 Å². The standard InChI is InChI=1S/C24H27FN2O3S/c1-15(2)26-24-27(16(3)4)23(28)22(31-24)13-17-9-10-20(21(12-17)29-5)30-14-18-7-6-8-19(25)11-18/h6-13,15-16H,14H2,1-5H3/b22-13+,26-24?. The number of benzene rings is 2. The second-order valence-electron chi connectivity index (χ2n) is 7.71. The molecule has 0 radical (unpaired) electrons. The van der Waals surface area contributed by atoms with Crippen LogP contribution in [0.4, 0.5) is 4.39 Å². The lowest BCUT2D eigenvalue weighted by molar-refractivity contribution is -0.123. The Morgan fingerprint density at radius 2 is 1.90 bits per heavy atom. The van der Waals surface area contributed by atoms with Gasteiger partial charge in [-0.15, -0.1) is 0 Å². The molecule has 3 rings (SSSR count). The van der Waals surface area contributed by atoms with Gasteiger partial charge >= 0.3 is 0 Å². The normalized spacial score (nSPS) is 16.8. The fourth-order valence-electron chi connectivity index (χ4n) is 3.09. The number of thioether (sulfide) groups is 1. The average molecular weight is 443 g/mol. The number of amides is 1. The van der Waals surface area contributed by atoms with Gasteiger partial charge in [0.2, 0.25) is 0 Å². The van der Waals surface area contributed by atoms with Crippen molar-refractivity contribution >= 4 is 28.9 Å². The van der Waals surface area contributed by atoms with Crippen LogP contribution < -0.4 is 9.47 Å². The first kappa shape index (κ1) is 22.9. The zero-order chi connectivity index (χ0) is 22.5. The number of methoxy groups -OCH3 is 1. The number of amidine groups is 1. The lowest BCUT2D eigenvalue weighted by Crippen LogP contribution is -2.35. The molecule has 0 N–H and O–H groups in total. The molecule has 0 unspecified atom stereocenters. The van der Waals surface area contributed by atoms with E-state index in [1.54, 1.807) is 30.2 Å². The summed E-state index contributed by atoms with van der Waals surface area (Å²) in [6.45, 7) is 8.16. The summed E-state index contributed by atoms with van der Waals surface area (Å²) in [5.41, 5.74) is 1.55. The number of rotatable bonds is 7. The molecule has 1 aliphatic heterocycles. The highest BCUT2D eigenvalue weighted by Gasteiger charge is 2.35. The molecule has 0 aromatic heterocycles. The monoisotopic (exact) mass is 442 g/mol. The second-order valence-corrected chi connectivity index (χ2v) is 8.72. The molecule has 5 nitrogen and oxygen atoms in total. The van der Waals surface area contributed by atoms with Gasteiger partial charge in [-0.2, -0.15) is 0 Å². The molecule has 31 heavy (non-hydrogen) atoms. The van der Waals surface area contributed by atoms with Gasteiger partial charge in [-0.1, -0.05) is 18.2 Å². The summed E-state index contributed by atoms with van der Waals surface area (Å²) in [4.78, 5) is 19.9. The van der Waals surface area contributed by atoms with Crippen molar-refractivity contribution < 1.29 is 18.7 Å². The van der Waals surface area contributed by atoms with E-state index in [2.05, 4.69) is 4.99 Å². The first-order chi connectivity index (χ1) is 14.8. The van der Waals surface area contributed by atoms with Crippen LogP contribution in [-0.4, -0.2) is 35.2 Å². The number of ether oxygens (including phenoxy) is 2. The molecule has 0 atom stereocenters. The average Bonchev–Trinajstić information content (AvgIpc) is 3.01. The van der Waals surface area contributed by atoms with Crippen molar-refractivity contribution in [2.24, 2.45) is 4.99 Å². The van der Waals surface area contributed by atoms with Gasteiger partial charge in [0, 0.05) is 12.1 Å². The molecular weight excluding hydrogens is 415 g/mol. The number of halogens is 1. The molecule has 0 bridgehead atoms. The zero-order valence-electron chi connectivity index (χ0n) is 18.4. The predicted molar refractivity (Wildman–Crippen MR) is 124 cm³/mol. The van der Waals surface area contributed by atoms with Crippen molar-refractivity contribution in [2.45, 2.75) is 46.4 Å². The topological polar surface area (TPSA) is 51.1 Å². The van der Waals surface area contributed by atoms with Gasteiger partial charge in [-0.3, -0.25) is 14.7 Å². The molecule has 1 saturated heterocycles. The molecule has 1 heterocycles. The number of nitrogens with zero attached hydrogens (tertiary/aromatic N) is 2. The maximum absolute atomic E-state index is 13.4. The van der Waals surface area contributed by atoms with Crippen LogP contribution in [-0.2, 0) is 11.4 Å². The minimum atomic E-state index is -0.301. The Bertz CT molecular complexity index is 1020. The van der Waals surface area contributed by atoms with Crippen LogP contribution in [0.2, 0.25) is 0 Å². The number of aliphatic imine (C=N–C) groups is 1. The Morgan fingerprint density at radius 3 is 2.55 bits per heavy atom. The van der Waals surface area contributed by atoms with Gasteiger partial charge in [0.05, 0.1) is 12.0 Å². The maximum Gasteiger partial charge on any atom is 0.266 e. The van der Waals surface area contributed by atoms with Gasteiger partial charge in [0.1, 0.15) is 12.4 Å². The van der Waals surface area contributed by atoms with Gasteiger partial charge in [0.25, 0.3) is 5.91 Å². The van der Waals surface area contributed by atoms with Gasteiger partial charge in [-0.25, -0.2) is 4.39 Å². The Kier molecular flexibility index (Phi) is 7.38. The van der Waals surface area contributed by atoms with E-state index < -0.39 is 0 Å². The summed E-state index contributed by atoms with van der Waals surface area (Å²) in [5.74, 6) is 0.734. The minimum absolute atomic E-state index is 0.0246. The van der Waals surface area contributed by atoms with E-state index >= 15 is 0 Å². The van der Waals surface area contributed by atoms with Crippen molar-refractivity contribution in [3.05, 3.63) is 64.3 Å². The van der Waals surface area contributed by atoms with Crippen LogP contribution in [0, 0.1) is 5.82 Å². The summed E-state index contributed by atoms with van der Waals surface area (Å²) in [7, 11) is 1.56. The fourth-order valence-corrected chi connectivity index (χ4v) is 4.32. The largest absolute Gasteiger partial charge is 0.493 e. The van der Waals surface area contributed by atoms with Gasteiger partial charge < -0.3 is 9.47 Å². The Hall–Kier alpha value is -2.80. The molecule has 2 aromatic rings. The highest BCUT2D eigenvalue weighted by molar-refractivity contribution is 8.18. The summed E-state index contributed by atoms with van der Waals surface area (Å²) in [5, 5.41) is 0.725. The van der Waals surface area contributed by atoms with E-state index in [9.17, 15) is 9.18 Å². The number of hydrogen-bond acceptors (Lipinski definition) is 5. The van der Waals surface area contributed by atoms with Crippen LogP contribution in [0.1, 0.15) is 38.8 Å². The molecule has 1 aliphatic rings. The molecule has 0 spiro atoms. The zero-order valence-corrected chi connectivity index (χ0v) is 19.2. The molecule has 1 fully saturated rings. The summed E-state index contributed by atoms with van der Waals surface area (Å²) in [6.07, 6.45) is 1.84. The highest BCUT2D eigenvalue weighted by Crippen LogP contribution is 2.36. The van der Waals surface area contributed by atoms with E-state index in [0.29, 0.717) is 16.4 Å². The summed E-state index contributed by atoms with van der Waals surface area (Å²) >= 11 is 1.38. The van der Waals surface area contributed by atoms with E-state index in [1.165, 1.54) is 23.9 Å². The van der Waals surface area contributed by atoms with E-state index in [4.69, 9.17) is 9.47 Å². The molecule has 1 amide bonds. The van der Waals surface area contributed by atoms with Crippen molar-refractivity contribution in [3.8, 4) is 11.5 Å². The highest BCUT2D eigenvalue weighted by atomic mass is 32.2. The van der Waals surface area contributed by atoms with Crippen LogP contribution in [0.5, 0.6) is 11.5 Å². The predicted octanol–water partition coefficient (Wildman–Crippen LogP) is 5.50. The summed E-state index contributed by atoms with van der Waals surface area (Å²) in [6, 6.07) is 11.9. The maximum atomic E-state index is 13.4. The Morgan fingerprint density at radius 1 is 1.13 bits per heavy atom. The minimum Gasteiger partial charge on any atom is -0.493 e. The van der Waals surface area contributed by atoms with Crippen LogP contribution in [0.3, 0.4) is 0 Å². The van der Waals surface area contributed by atoms with Crippen LogP contribution >= 0.6 is 11.8 Å². The van der Waals surface area contributed by atoms with Crippen molar-refractivity contribution in [3.63, 3.8) is 0 Å². The van der Waals surface area contributed by atoms with Crippen molar-refractivity contribution in [1.29, 1.82) is 0 Å². The third-order valence-corrected chi connectivity index (χ3v) is 5.49. The number of carbonyl (C=O) groups excluding carboxylic acids is 1.